The minimum Gasteiger partial charge on any atom is -0.488 e. The Hall–Kier alpha value is -1.77. The van der Waals surface area contributed by atoms with E-state index in [1.165, 1.54) is 16.7 Å². The number of benzene rings is 1. The Morgan fingerprint density at radius 1 is 1.50 bits per heavy atom. The van der Waals surface area contributed by atoms with Crippen molar-refractivity contribution in [3.8, 4) is 5.75 Å². The summed E-state index contributed by atoms with van der Waals surface area (Å²) in [6.07, 6.45) is 5.96. The molecule has 0 aromatic heterocycles. The summed E-state index contributed by atoms with van der Waals surface area (Å²) in [6.45, 7) is 0.357. The molecule has 1 fully saturated rings. The first-order chi connectivity index (χ1) is 12.5. The van der Waals surface area contributed by atoms with Gasteiger partial charge in [-0.2, -0.15) is 11.8 Å². The van der Waals surface area contributed by atoms with E-state index in [2.05, 4.69) is 0 Å². The van der Waals surface area contributed by atoms with Crippen LogP contribution in [-0.4, -0.2) is 50.9 Å². The van der Waals surface area contributed by atoms with Crippen molar-refractivity contribution in [2.24, 2.45) is 0 Å². The predicted molar refractivity (Wildman–Crippen MR) is 109 cm³/mol. The Balaban J connectivity index is 1.83. The minimum atomic E-state index is -1.04. The van der Waals surface area contributed by atoms with Gasteiger partial charge in [0.1, 0.15) is 22.7 Å². The number of rotatable bonds is 6. The van der Waals surface area contributed by atoms with Gasteiger partial charge in [0, 0.05) is 5.56 Å². The lowest BCUT2D eigenvalue weighted by Gasteiger charge is -2.22. The zero-order valence-electron chi connectivity index (χ0n) is 14.0. The average molecular weight is 408 g/mol. The first-order valence-corrected chi connectivity index (χ1v) is 10.5. The fraction of sp³-hybridized carbons (Fsp3) is 0.278. The van der Waals surface area contributed by atoms with Crippen LogP contribution in [0.2, 0.25) is 0 Å². The van der Waals surface area contributed by atoms with E-state index < -0.39 is 12.0 Å². The number of para-hydroxylation sites is 1. The summed E-state index contributed by atoms with van der Waals surface area (Å²) in [4.78, 5) is 26.0. The van der Waals surface area contributed by atoms with Crippen LogP contribution in [0.5, 0.6) is 5.75 Å². The number of thiocarbonyl (C=S) groups is 1. The molecule has 0 unspecified atom stereocenters. The molecular weight excluding hydrogens is 390 g/mol. The van der Waals surface area contributed by atoms with Crippen LogP contribution in [0.15, 0.2) is 40.8 Å². The number of carboxylic acids is 1. The van der Waals surface area contributed by atoms with Gasteiger partial charge in [0.05, 0.1) is 4.91 Å². The van der Waals surface area contributed by atoms with Crippen molar-refractivity contribution in [1.82, 2.24) is 4.90 Å². The molecule has 1 amide bonds. The van der Waals surface area contributed by atoms with Crippen LogP contribution < -0.4 is 4.74 Å². The molecule has 26 heavy (non-hydrogen) atoms. The van der Waals surface area contributed by atoms with Crippen molar-refractivity contribution in [2.45, 2.75) is 12.5 Å². The first kappa shape index (κ1) is 19.0. The molecule has 0 radical (unpaired) electrons. The second-order valence-corrected chi connectivity index (χ2v) is 8.39. The summed E-state index contributed by atoms with van der Waals surface area (Å²) in [6, 6.07) is 6.73. The van der Waals surface area contributed by atoms with Gasteiger partial charge in [-0.25, -0.2) is 4.79 Å². The number of nitrogens with zero attached hydrogens (tertiary/aromatic N) is 1. The molecule has 1 aromatic rings. The lowest BCUT2D eigenvalue weighted by Crippen LogP contribution is -2.44. The average Bonchev–Trinajstić information content (AvgIpc) is 2.89. The van der Waals surface area contributed by atoms with Gasteiger partial charge < -0.3 is 9.84 Å². The van der Waals surface area contributed by atoms with E-state index >= 15 is 0 Å². The number of fused-ring (bicyclic) bond motifs is 1. The molecule has 3 rings (SSSR count). The minimum absolute atomic E-state index is 0.285. The third-order valence-electron chi connectivity index (χ3n) is 3.99. The summed E-state index contributed by atoms with van der Waals surface area (Å²) in [5, 5.41) is 9.49. The number of amides is 1. The third-order valence-corrected chi connectivity index (χ3v) is 5.96. The van der Waals surface area contributed by atoms with Gasteiger partial charge in [0.15, 0.2) is 0 Å². The van der Waals surface area contributed by atoms with Crippen LogP contribution in [0.4, 0.5) is 0 Å². The number of carbonyl (C=O) groups is 2. The van der Waals surface area contributed by atoms with Gasteiger partial charge in [0.25, 0.3) is 5.91 Å². The van der Waals surface area contributed by atoms with E-state index in [0.29, 0.717) is 23.7 Å². The van der Waals surface area contributed by atoms with Gasteiger partial charge in [-0.3, -0.25) is 9.69 Å². The second kappa shape index (κ2) is 8.28. The van der Waals surface area contributed by atoms with Crippen molar-refractivity contribution in [3.05, 3.63) is 46.4 Å². The highest BCUT2D eigenvalue weighted by molar-refractivity contribution is 8.26. The fourth-order valence-electron chi connectivity index (χ4n) is 2.73. The van der Waals surface area contributed by atoms with Crippen molar-refractivity contribution in [2.75, 3.05) is 18.6 Å². The molecule has 2 heterocycles. The van der Waals surface area contributed by atoms with Crippen molar-refractivity contribution >= 4 is 58.0 Å². The van der Waals surface area contributed by atoms with Gasteiger partial charge in [0.2, 0.25) is 0 Å². The molecule has 0 bridgehead atoms. The van der Waals surface area contributed by atoms with E-state index in [1.54, 1.807) is 6.08 Å². The van der Waals surface area contributed by atoms with Crippen LogP contribution in [0.1, 0.15) is 12.0 Å². The monoisotopic (exact) mass is 407 g/mol. The van der Waals surface area contributed by atoms with E-state index in [1.807, 2.05) is 36.6 Å². The number of thioether (sulfide) groups is 2. The molecule has 1 atom stereocenters. The van der Waals surface area contributed by atoms with E-state index in [-0.39, 0.29) is 10.2 Å². The highest BCUT2D eigenvalue weighted by Crippen LogP contribution is 2.35. The number of hydrogen-bond donors (Lipinski definition) is 1. The van der Waals surface area contributed by atoms with Crippen LogP contribution in [-0.2, 0) is 9.59 Å². The maximum atomic E-state index is 12.8. The Labute approximate surface area is 165 Å². The van der Waals surface area contributed by atoms with Crippen molar-refractivity contribution < 1.29 is 19.4 Å². The largest absolute Gasteiger partial charge is 0.488 e. The lowest BCUT2D eigenvalue weighted by molar-refractivity contribution is -0.145. The molecule has 136 valence electrons. The Morgan fingerprint density at radius 3 is 3.00 bits per heavy atom. The maximum absolute atomic E-state index is 12.8. The number of hydrogen-bond acceptors (Lipinski definition) is 6. The normalized spacial score (nSPS) is 19.2. The smallest absolute Gasteiger partial charge is 0.326 e. The number of carbonyl (C=O) groups excluding carboxylic acids is 1. The second-order valence-electron chi connectivity index (χ2n) is 5.73. The molecule has 2 aliphatic heterocycles. The zero-order valence-corrected chi connectivity index (χ0v) is 16.5. The van der Waals surface area contributed by atoms with E-state index in [9.17, 15) is 14.7 Å². The standard InChI is InChI=1S/C18H17NO4S3/c1-25-7-6-13(17(21)22)19-16(20)15(26-18(19)24)9-11-8-12-4-2-3-5-14(12)23-10-11/h2-5,8-9,13H,6-7,10H2,1H3,(H,21,22)/b15-9+/t13-/m1/s1. The van der Waals surface area contributed by atoms with Gasteiger partial charge in [-0.05, 0) is 42.2 Å². The molecule has 0 spiro atoms. The van der Waals surface area contributed by atoms with Crippen molar-refractivity contribution in [1.29, 1.82) is 0 Å². The molecule has 1 saturated heterocycles. The lowest BCUT2D eigenvalue weighted by atomic mass is 10.1. The Kier molecular flexibility index (Phi) is 6.05. The zero-order chi connectivity index (χ0) is 18.7. The van der Waals surface area contributed by atoms with Crippen LogP contribution in [0.3, 0.4) is 0 Å². The SMILES string of the molecule is CSCC[C@H](C(=O)O)N1C(=O)/C(=C\C2=Cc3ccccc3OC2)SC1=S. The Morgan fingerprint density at radius 2 is 2.27 bits per heavy atom. The number of aliphatic carboxylic acids is 1. The van der Waals surface area contributed by atoms with Crippen LogP contribution in [0.25, 0.3) is 6.08 Å². The molecule has 8 heteroatoms. The van der Waals surface area contributed by atoms with Crippen LogP contribution in [0, 0.1) is 0 Å². The molecule has 5 nitrogen and oxygen atoms in total. The van der Waals surface area contributed by atoms with Crippen molar-refractivity contribution in [3.63, 3.8) is 0 Å². The molecule has 2 aliphatic rings. The molecule has 1 N–H and O–H groups in total. The topological polar surface area (TPSA) is 66.8 Å². The molecule has 0 saturated carbocycles. The number of carboxylic acid groups (broad SMARTS) is 1. The summed E-state index contributed by atoms with van der Waals surface area (Å²) in [5.74, 6) is 0.0577. The summed E-state index contributed by atoms with van der Waals surface area (Å²) >= 11 is 7.96. The molecule has 1 aromatic carbocycles. The summed E-state index contributed by atoms with van der Waals surface area (Å²) in [5.41, 5.74) is 1.80. The highest BCUT2D eigenvalue weighted by Gasteiger charge is 2.40. The summed E-state index contributed by atoms with van der Waals surface area (Å²) < 4.78 is 5.98. The maximum Gasteiger partial charge on any atom is 0.326 e. The van der Waals surface area contributed by atoms with E-state index in [4.69, 9.17) is 17.0 Å². The molecule has 0 aliphatic carbocycles. The quantitative estimate of drug-likeness (QED) is 0.572. The first-order valence-electron chi connectivity index (χ1n) is 7.92. The fourth-order valence-corrected chi connectivity index (χ4v) is 4.56. The number of ether oxygens (including phenoxy) is 1. The van der Waals surface area contributed by atoms with Gasteiger partial charge >= 0.3 is 5.97 Å². The molecular formula is C18H17NO4S3. The van der Waals surface area contributed by atoms with E-state index in [0.717, 1.165) is 28.6 Å². The summed E-state index contributed by atoms with van der Waals surface area (Å²) in [7, 11) is 0. The highest BCUT2D eigenvalue weighted by atomic mass is 32.2. The van der Waals surface area contributed by atoms with Gasteiger partial charge in [-0.15, -0.1) is 0 Å². The predicted octanol–water partition coefficient (Wildman–Crippen LogP) is 3.41. The van der Waals surface area contributed by atoms with Crippen LogP contribution >= 0.6 is 35.7 Å². The van der Waals surface area contributed by atoms with Gasteiger partial charge in [-0.1, -0.05) is 42.2 Å². The third kappa shape index (κ3) is 3.97. The Bertz CT molecular complexity index is 818.